The largest absolute Gasteiger partial charge is 0.383 e. The molecule has 1 aromatic heterocycles. The van der Waals surface area contributed by atoms with Crippen LogP contribution < -0.4 is 5.32 Å². The molecule has 1 atom stereocenters. The minimum atomic E-state index is 0.302. The molecule has 0 amide bonds. The summed E-state index contributed by atoms with van der Waals surface area (Å²) in [5, 5.41) is 3.30. The number of hydrogen-bond donors (Lipinski definition) is 1. The van der Waals surface area contributed by atoms with E-state index >= 15 is 0 Å². The molecule has 1 saturated heterocycles. The number of hydrogen-bond acceptors (Lipinski definition) is 5. The third kappa shape index (κ3) is 4.86. The van der Waals surface area contributed by atoms with Crippen molar-refractivity contribution in [2.75, 3.05) is 26.9 Å². The van der Waals surface area contributed by atoms with Crippen LogP contribution in [0.25, 0.3) is 0 Å². The third-order valence-corrected chi connectivity index (χ3v) is 3.18. The highest BCUT2D eigenvalue weighted by atomic mass is 16.5. The highest BCUT2D eigenvalue weighted by Crippen LogP contribution is 2.15. The molecule has 1 aliphatic rings. The zero-order chi connectivity index (χ0) is 13.5. The second-order valence-electron chi connectivity index (χ2n) is 4.93. The monoisotopic (exact) mass is 265 g/mol. The van der Waals surface area contributed by atoms with Crippen molar-refractivity contribution >= 4 is 0 Å². The number of aromatic nitrogens is 2. The molecule has 5 nitrogen and oxygen atoms in total. The summed E-state index contributed by atoms with van der Waals surface area (Å²) in [6, 6.07) is 2.03. The first kappa shape index (κ1) is 14.4. The summed E-state index contributed by atoms with van der Waals surface area (Å²) in [4.78, 5) is 9.10. The van der Waals surface area contributed by atoms with Gasteiger partial charge in [-0.3, -0.25) is 0 Å². The van der Waals surface area contributed by atoms with E-state index in [1.807, 2.05) is 13.0 Å². The van der Waals surface area contributed by atoms with E-state index in [-0.39, 0.29) is 0 Å². The number of nitrogens with one attached hydrogen (secondary N) is 1. The Kier molecular flexibility index (Phi) is 5.69. The van der Waals surface area contributed by atoms with Gasteiger partial charge < -0.3 is 14.8 Å². The van der Waals surface area contributed by atoms with Crippen LogP contribution in [-0.2, 0) is 22.4 Å². The van der Waals surface area contributed by atoms with Crippen molar-refractivity contribution in [3.63, 3.8) is 0 Å². The van der Waals surface area contributed by atoms with Crippen molar-refractivity contribution in [3.8, 4) is 0 Å². The van der Waals surface area contributed by atoms with Gasteiger partial charge in [-0.1, -0.05) is 0 Å². The van der Waals surface area contributed by atoms with Gasteiger partial charge in [-0.15, -0.1) is 0 Å². The van der Waals surface area contributed by atoms with Gasteiger partial charge in [0, 0.05) is 38.9 Å². The van der Waals surface area contributed by atoms with E-state index in [0.717, 1.165) is 56.2 Å². The Labute approximate surface area is 114 Å². The van der Waals surface area contributed by atoms with Gasteiger partial charge in [0.25, 0.3) is 0 Å². The molecule has 0 radical (unpaired) electrons. The normalized spacial score (nSPS) is 18.9. The van der Waals surface area contributed by atoms with E-state index in [4.69, 9.17) is 9.47 Å². The number of aryl methyl sites for hydroxylation is 1. The molecular weight excluding hydrogens is 242 g/mol. The predicted octanol–water partition coefficient (Wildman–Crippen LogP) is 1.24. The van der Waals surface area contributed by atoms with Gasteiger partial charge in [-0.25, -0.2) is 9.97 Å². The molecule has 106 valence electrons. The van der Waals surface area contributed by atoms with Crippen LogP contribution in [0, 0.1) is 6.92 Å². The SMILES string of the molecule is COCCNCc1cc(C)nc(CC2CCCO2)n1. The van der Waals surface area contributed by atoms with Crippen molar-refractivity contribution in [1.29, 1.82) is 0 Å². The molecule has 0 aliphatic carbocycles. The molecule has 2 rings (SSSR count). The first-order valence-electron chi connectivity index (χ1n) is 6.92. The Morgan fingerprint density at radius 2 is 2.37 bits per heavy atom. The maximum atomic E-state index is 5.64. The van der Waals surface area contributed by atoms with E-state index in [1.54, 1.807) is 7.11 Å². The summed E-state index contributed by atoms with van der Waals surface area (Å²) in [5.74, 6) is 0.899. The van der Waals surface area contributed by atoms with Crippen molar-refractivity contribution in [1.82, 2.24) is 15.3 Å². The topological polar surface area (TPSA) is 56.3 Å². The van der Waals surface area contributed by atoms with Crippen molar-refractivity contribution in [3.05, 3.63) is 23.3 Å². The van der Waals surface area contributed by atoms with Crippen molar-refractivity contribution < 1.29 is 9.47 Å². The number of ether oxygens (including phenoxy) is 2. The van der Waals surface area contributed by atoms with Crippen LogP contribution in [0.4, 0.5) is 0 Å². The summed E-state index contributed by atoms with van der Waals surface area (Å²) in [6.07, 6.45) is 3.41. The molecule has 1 unspecified atom stereocenters. The Hall–Kier alpha value is -1.04. The molecule has 1 fully saturated rings. The van der Waals surface area contributed by atoms with Gasteiger partial charge >= 0.3 is 0 Å². The lowest BCUT2D eigenvalue weighted by Crippen LogP contribution is -2.20. The summed E-state index contributed by atoms with van der Waals surface area (Å²) >= 11 is 0. The third-order valence-electron chi connectivity index (χ3n) is 3.18. The number of rotatable bonds is 7. The minimum Gasteiger partial charge on any atom is -0.383 e. The lowest BCUT2D eigenvalue weighted by Gasteiger charge is -2.10. The Morgan fingerprint density at radius 1 is 1.47 bits per heavy atom. The average molecular weight is 265 g/mol. The fourth-order valence-corrected chi connectivity index (χ4v) is 2.28. The number of methoxy groups -OCH3 is 1. The highest BCUT2D eigenvalue weighted by Gasteiger charge is 2.17. The Morgan fingerprint density at radius 3 is 3.11 bits per heavy atom. The van der Waals surface area contributed by atoms with Crippen molar-refractivity contribution in [2.24, 2.45) is 0 Å². The van der Waals surface area contributed by atoms with Gasteiger partial charge in [-0.2, -0.15) is 0 Å². The average Bonchev–Trinajstić information content (AvgIpc) is 2.87. The van der Waals surface area contributed by atoms with Gasteiger partial charge in [0.2, 0.25) is 0 Å². The molecule has 1 N–H and O–H groups in total. The molecule has 0 spiro atoms. The molecule has 19 heavy (non-hydrogen) atoms. The molecule has 0 bridgehead atoms. The molecule has 0 saturated carbocycles. The van der Waals surface area contributed by atoms with Crippen LogP contribution in [0.5, 0.6) is 0 Å². The van der Waals surface area contributed by atoms with Crippen molar-refractivity contribution in [2.45, 2.75) is 38.8 Å². The standard InChI is InChI=1S/C14H23N3O2/c1-11-8-12(10-15-5-7-18-2)17-14(16-11)9-13-4-3-6-19-13/h8,13,15H,3-7,9-10H2,1-2H3. The lowest BCUT2D eigenvalue weighted by molar-refractivity contribution is 0.110. The van der Waals surface area contributed by atoms with Crippen LogP contribution in [0.2, 0.25) is 0 Å². The molecule has 0 aromatic carbocycles. The van der Waals surface area contributed by atoms with Crippen LogP contribution in [0.1, 0.15) is 30.1 Å². The zero-order valence-electron chi connectivity index (χ0n) is 11.8. The summed E-state index contributed by atoms with van der Waals surface area (Å²) in [6.45, 7) is 5.19. The van der Waals surface area contributed by atoms with Crippen LogP contribution >= 0.6 is 0 Å². The summed E-state index contributed by atoms with van der Waals surface area (Å²) in [5.41, 5.74) is 2.06. The van der Waals surface area contributed by atoms with E-state index in [1.165, 1.54) is 0 Å². The summed E-state index contributed by atoms with van der Waals surface area (Å²) < 4.78 is 10.6. The lowest BCUT2D eigenvalue weighted by atomic mass is 10.1. The molecular formula is C14H23N3O2. The molecule has 1 aromatic rings. The fraction of sp³-hybridized carbons (Fsp3) is 0.714. The van der Waals surface area contributed by atoms with Crippen LogP contribution in [0.3, 0.4) is 0 Å². The number of nitrogens with zero attached hydrogens (tertiary/aromatic N) is 2. The molecule has 1 aliphatic heterocycles. The smallest absolute Gasteiger partial charge is 0.131 e. The molecule has 5 heteroatoms. The van der Waals surface area contributed by atoms with E-state index in [9.17, 15) is 0 Å². The maximum Gasteiger partial charge on any atom is 0.131 e. The second kappa shape index (κ2) is 7.53. The Bertz CT molecular complexity index is 392. The first-order valence-corrected chi connectivity index (χ1v) is 6.92. The zero-order valence-corrected chi connectivity index (χ0v) is 11.8. The van der Waals surface area contributed by atoms with E-state index < -0.39 is 0 Å². The maximum absolute atomic E-state index is 5.64. The first-order chi connectivity index (χ1) is 9.28. The van der Waals surface area contributed by atoms with Gasteiger partial charge in [0.1, 0.15) is 5.82 Å². The molecule has 2 heterocycles. The van der Waals surface area contributed by atoms with Crippen LogP contribution in [-0.4, -0.2) is 42.9 Å². The van der Waals surface area contributed by atoms with Gasteiger partial charge in [0.15, 0.2) is 0 Å². The predicted molar refractivity (Wildman–Crippen MR) is 73.0 cm³/mol. The van der Waals surface area contributed by atoms with Crippen LogP contribution in [0.15, 0.2) is 6.07 Å². The minimum absolute atomic E-state index is 0.302. The summed E-state index contributed by atoms with van der Waals surface area (Å²) in [7, 11) is 1.70. The highest BCUT2D eigenvalue weighted by molar-refractivity contribution is 5.10. The Balaban J connectivity index is 1.90. The fourth-order valence-electron chi connectivity index (χ4n) is 2.28. The van der Waals surface area contributed by atoms with Gasteiger partial charge in [-0.05, 0) is 25.8 Å². The quantitative estimate of drug-likeness (QED) is 0.752. The second-order valence-corrected chi connectivity index (χ2v) is 4.93. The van der Waals surface area contributed by atoms with E-state index in [0.29, 0.717) is 12.7 Å². The van der Waals surface area contributed by atoms with E-state index in [2.05, 4.69) is 15.3 Å². The van der Waals surface area contributed by atoms with Gasteiger partial charge in [0.05, 0.1) is 18.4 Å².